The van der Waals surface area contributed by atoms with Gasteiger partial charge in [-0.1, -0.05) is 141 Å². The van der Waals surface area contributed by atoms with E-state index in [2.05, 4.69) is 170 Å². The van der Waals surface area contributed by atoms with Crippen LogP contribution in [0.15, 0.2) is 152 Å². The van der Waals surface area contributed by atoms with Gasteiger partial charge in [0.05, 0.1) is 11.0 Å². The normalized spacial score (nSPS) is 13.8. The van der Waals surface area contributed by atoms with Crippen molar-refractivity contribution in [2.45, 2.75) is 19.3 Å². The topological polar surface area (TPSA) is 4.93 Å². The Bertz CT molecular complexity index is 2830. The number of hydrogen-bond donors (Lipinski definition) is 0. The highest BCUT2D eigenvalue weighted by atomic mass is 15.0. The van der Waals surface area contributed by atoms with Crippen molar-refractivity contribution < 1.29 is 0 Å². The van der Waals surface area contributed by atoms with Crippen molar-refractivity contribution >= 4 is 43.4 Å². The van der Waals surface area contributed by atoms with Crippen molar-refractivity contribution in [2.24, 2.45) is 0 Å². The zero-order valence-electron chi connectivity index (χ0n) is 26.9. The molecule has 0 bridgehead atoms. The molecule has 1 heteroatoms. The summed E-state index contributed by atoms with van der Waals surface area (Å²) in [6.07, 6.45) is 0. The van der Waals surface area contributed by atoms with Gasteiger partial charge in [-0.2, -0.15) is 0 Å². The highest BCUT2D eigenvalue weighted by Gasteiger charge is 2.37. The van der Waals surface area contributed by atoms with Crippen LogP contribution < -0.4 is 0 Å². The van der Waals surface area contributed by atoms with E-state index in [4.69, 9.17) is 0 Å². The van der Waals surface area contributed by atoms with Crippen molar-refractivity contribution in [2.75, 3.05) is 0 Å². The van der Waals surface area contributed by atoms with E-state index in [-0.39, 0.29) is 5.41 Å². The Morgan fingerprint density at radius 2 is 1.04 bits per heavy atom. The van der Waals surface area contributed by atoms with Crippen molar-refractivity contribution in [3.63, 3.8) is 0 Å². The van der Waals surface area contributed by atoms with Gasteiger partial charge in [0.15, 0.2) is 0 Å². The zero-order valence-corrected chi connectivity index (χ0v) is 26.9. The van der Waals surface area contributed by atoms with Crippen molar-refractivity contribution in [3.05, 3.63) is 163 Å². The van der Waals surface area contributed by atoms with E-state index >= 15 is 0 Å². The maximum absolute atomic E-state index is 2.47. The van der Waals surface area contributed by atoms with Crippen LogP contribution in [0, 0.1) is 0 Å². The SMILES string of the molecule is CC1(C)c2ccccc2-c2ccc3c(ccc4c3c3ccccc3n4-c3cccc(-c4ccc5c6c(cccc46)-c4ccccc4-5)c3)c21. The van der Waals surface area contributed by atoms with Gasteiger partial charge in [0.1, 0.15) is 0 Å². The first-order chi connectivity index (χ1) is 23.6. The lowest BCUT2D eigenvalue weighted by atomic mass is 9.80. The van der Waals surface area contributed by atoms with E-state index in [0.717, 1.165) is 0 Å². The number of benzene rings is 8. The molecule has 11 rings (SSSR count). The summed E-state index contributed by atoms with van der Waals surface area (Å²) in [5.74, 6) is 0. The summed E-state index contributed by atoms with van der Waals surface area (Å²) < 4.78 is 2.47. The van der Waals surface area contributed by atoms with Crippen LogP contribution in [-0.2, 0) is 5.41 Å². The fourth-order valence-corrected chi connectivity index (χ4v) is 9.32. The van der Waals surface area contributed by atoms with Gasteiger partial charge in [-0.25, -0.2) is 0 Å². The van der Waals surface area contributed by atoms with Crippen LogP contribution in [0.3, 0.4) is 0 Å². The molecular weight excluding hydrogens is 579 g/mol. The molecule has 0 unspecified atom stereocenters. The molecule has 0 fully saturated rings. The number of fused-ring (bicyclic) bond motifs is 12. The van der Waals surface area contributed by atoms with Crippen LogP contribution in [0.4, 0.5) is 0 Å². The smallest absolute Gasteiger partial charge is 0.0547 e. The van der Waals surface area contributed by atoms with Gasteiger partial charge in [-0.15, -0.1) is 0 Å². The second-order valence-electron chi connectivity index (χ2n) is 14.1. The first-order valence-corrected chi connectivity index (χ1v) is 17.0. The van der Waals surface area contributed by atoms with Crippen molar-refractivity contribution in [1.82, 2.24) is 4.57 Å². The maximum Gasteiger partial charge on any atom is 0.0547 e. The maximum atomic E-state index is 2.47. The molecule has 48 heavy (non-hydrogen) atoms. The lowest BCUT2D eigenvalue weighted by molar-refractivity contribution is 0.666. The Kier molecular flexibility index (Phi) is 4.97. The fourth-order valence-electron chi connectivity index (χ4n) is 9.32. The molecule has 1 nitrogen and oxygen atoms in total. The first-order valence-electron chi connectivity index (χ1n) is 17.0. The Morgan fingerprint density at radius 3 is 1.92 bits per heavy atom. The zero-order chi connectivity index (χ0) is 31.7. The lowest BCUT2D eigenvalue weighted by Crippen LogP contribution is -2.15. The van der Waals surface area contributed by atoms with E-state index in [1.54, 1.807) is 0 Å². The minimum Gasteiger partial charge on any atom is -0.309 e. The molecule has 8 aromatic carbocycles. The van der Waals surface area contributed by atoms with Crippen molar-refractivity contribution in [3.8, 4) is 50.2 Å². The summed E-state index contributed by atoms with van der Waals surface area (Å²) >= 11 is 0. The number of hydrogen-bond acceptors (Lipinski definition) is 0. The average molecular weight is 610 g/mol. The number of rotatable bonds is 2. The third-order valence-corrected chi connectivity index (χ3v) is 11.3. The molecule has 1 heterocycles. The molecule has 0 atom stereocenters. The second-order valence-corrected chi connectivity index (χ2v) is 14.1. The predicted molar refractivity (Wildman–Crippen MR) is 203 cm³/mol. The van der Waals surface area contributed by atoms with E-state index in [1.807, 2.05) is 0 Å². The molecular formula is C47H31N. The van der Waals surface area contributed by atoms with Crippen LogP contribution >= 0.6 is 0 Å². The molecule has 0 saturated carbocycles. The highest BCUT2D eigenvalue weighted by Crippen LogP contribution is 2.53. The first kappa shape index (κ1) is 26.2. The number of para-hydroxylation sites is 1. The molecule has 0 amide bonds. The standard InChI is InChI=1S/C47H31N/c1-47(2)41-19-7-5-15-33(41)38-24-23-37-39(46(38)47)25-26-43-45(37)40-16-6-8-20-42(40)48(43)29-12-9-11-28(27-29)30-21-22-36-32-14-4-3-13-31(32)35-18-10-17-34(30)44(35)36/h3-27H,1-2H3. The van der Waals surface area contributed by atoms with Gasteiger partial charge in [0, 0.05) is 21.9 Å². The molecule has 224 valence electrons. The van der Waals surface area contributed by atoms with E-state index < -0.39 is 0 Å². The Balaban J connectivity index is 1.15. The van der Waals surface area contributed by atoms with Crippen LogP contribution in [0.5, 0.6) is 0 Å². The minimum atomic E-state index is -0.0627. The Hall–Kier alpha value is -5.92. The second kappa shape index (κ2) is 9.12. The molecule has 1 aromatic heterocycles. The Morgan fingerprint density at radius 1 is 0.396 bits per heavy atom. The lowest BCUT2D eigenvalue weighted by Gasteiger charge is -2.23. The molecule has 0 spiro atoms. The number of nitrogens with zero attached hydrogens (tertiary/aromatic N) is 1. The quantitative estimate of drug-likeness (QED) is 0.184. The molecule has 2 aliphatic rings. The number of aromatic nitrogens is 1. The Labute approximate surface area is 279 Å². The molecule has 0 radical (unpaired) electrons. The van der Waals surface area contributed by atoms with Gasteiger partial charge < -0.3 is 4.57 Å². The third kappa shape index (κ3) is 3.21. The van der Waals surface area contributed by atoms with E-state index in [0.29, 0.717) is 0 Å². The van der Waals surface area contributed by atoms with Gasteiger partial charge in [-0.05, 0) is 101 Å². The molecule has 0 saturated heterocycles. The van der Waals surface area contributed by atoms with Gasteiger partial charge in [0.25, 0.3) is 0 Å². The molecule has 2 aliphatic carbocycles. The summed E-state index contributed by atoms with van der Waals surface area (Å²) in [4.78, 5) is 0. The summed E-state index contributed by atoms with van der Waals surface area (Å²) in [5.41, 5.74) is 17.0. The van der Waals surface area contributed by atoms with Crippen LogP contribution in [0.25, 0.3) is 93.5 Å². The van der Waals surface area contributed by atoms with Gasteiger partial charge >= 0.3 is 0 Å². The summed E-state index contributed by atoms with van der Waals surface area (Å²) in [6, 6.07) is 56.7. The third-order valence-electron chi connectivity index (χ3n) is 11.3. The van der Waals surface area contributed by atoms with Crippen LogP contribution in [0.2, 0.25) is 0 Å². The molecule has 0 N–H and O–H groups in total. The largest absolute Gasteiger partial charge is 0.309 e. The summed E-state index contributed by atoms with van der Waals surface area (Å²) in [6.45, 7) is 4.77. The van der Waals surface area contributed by atoms with Crippen LogP contribution in [0.1, 0.15) is 25.0 Å². The molecule has 0 aliphatic heterocycles. The van der Waals surface area contributed by atoms with Crippen molar-refractivity contribution in [1.29, 1.82) is 0 Å². The summed E-state index contributed by atoms with van der Waals surface area (Å²) in [7, 11) is 0. The predicted octanol–water partition coefficient (Wildman–Crippen LogP) is 12.7. The average Bonchev–Trinajstić information content (AvgIpc) is 3.73. The minimum absolute atomic E-state index is 0.0627. The van der Waals surface area contributed by atoms with Gasteiger partial charge in [-0.3, -0.25) is 0 Å². The van der Waals surface area contributed by atoms with Gasteiger partial charge in [0.2, 0.25) is 0 Å². The summed E-state index contributed by atoms with van der Waals surface area (Å²) in [5, 5.41) is 7.97. The van der Waals surface area contributed by atoms with E-state index in [1.165, 1.54) is 105 Å². The monoisotopic (exact) mass is 609 g/mol. The molecule has 9 aromatic rings. The van der Waals surface area contributed by atoms with Crippen LogP contribution in [-0.4, -0.2) is 4.57 Å². The highest BCUT2D eigenvalue weighted by molar-refractivity contribution is 6.23. The fraction of sp³-hybridized carbons (Fsp3) is 0.0638. The van der Waals surface area contributed by atoms with E-state index in [9.17, 15) is 0 Å².